The van der Waals surface area contributed by atoms with E-state index in [2.05, 4.69) is 31.3 Å². The average molecular weight is 203 g/mol. The molecule has 2 nitrogen and oxygen atoms in total. The number of para-hydroxylation sites is 1. The Morgan fingerprint density at radius 2 is 1.93 bits per heavy atom. The Balaban J connectivity index is 2.43. The van der Waals surface area contributed by atoms with E-state index in [9.17, 15) is 0 Å². The first-order valence-electron chi connectivity index (χ1n) is 5.38. The summed E-state index contributed by atoms with van der Waals surface area (Å²) in [6.07, 6.45) is 0. The van der Waals surface area contributed by atoms with Crippen LogP contribution in [0.15, 0.2) is 34.7 Å². The van der Waals surface area contributed by atoms with Gasteiger partial charge in [0.15, 0.2) is 0 Å². The lowest BCUT2D eigenvalue weighted by Crippen LogP contribution is -2.20. The van der Waals surface area contributed by atoms with E-state index in [0.29, 0.717) is 5.92 Å². The SMILES string of the molecule is CNC(c1cc2ccccc2o1)C(C)C. The lowest BCUT2D eigenvalue weighted by atomic mass is 10.0. The molecule has 15 heavy (non-hydrogen) atoms. The normalized spacial score (nSPS) is 13.6. The van der Waals surface area contributed by atoms with Gasteiger partial charge >= 0.3 is 0 Å². The zero-order valence-electron chi connectivity index (χ0n) is 9.45. The molecule has 1 heterocycles. The summed E-state index contributed by atoms with van der Waals surface area (Å²) in [6.45, 7) is 4.38. The molecule has 80 valence electrons. The van der Waals surface area contributed by atoms with E-state index in [1.807, 2.05) is 25.2 Å². The Morgan fingerprint density at radius 3 is 2.53 bits per heavy atom. The van der Waals surface area contributed by atoms with Crippen molar-refractivity contribution >= 4 is 11.0 Å². The molecular weight excluding hydrogens is 186 g/mol. The van der Waals surface area contributed by atoms with Gasteiger partial charge in [-0.15, -0.1) is 0 Å². The van der Waals surface area contributed by atoms with Gasteiger partial charge in [-0.25, -0.2) is 0 Å². The van der Waals surface area contributed by atoms with Gasteiger partial charge in [-0.1, -0.05) is 32.0 Å². The van der Waals surface area contributed by atoms with Crippen LogP contribution in [0.4, 0.5) is 0 Å². The van der Waals surface area contributed by atoms with E-state index in [-0.39, 0.29) is 6.04 Å². The molecule has 0 aliphatic carbocycles. The third-order valence-electron chi connectivity index (χ3n) is 2.73. The molecule has 1 atom stereocenters. The van der Waals surface area contributed by atoms with Gasteiger partial charge in [0.05, 0.1) is 6.04 Å². The van der Waals surface area contributed by atoms with Crippen molar-refractivity contribution in [1.29, 1.82) is 0 Å². The van der Waals surface area contributed by atoms with Crippen LogP contribution in [0, 0.1) is 5.92 Å². The van der Waals surface area contributed by atoms with E-state index in [4.69, 9.17) is 4.42 Å². The van der Waals surface area contributed by atoms with Crippen molar-refractivity contribution in [1.82, 2.24) is 5.32 Å². The maximum atomic E-state index is 5.82. The predicted octanol–water partition coefficient (Wildman–Crippen LogP) is 3.35. The molecule has 0 saturated carbocycles. The zero-order valence-corrected chi connectivity index (χ0v) is 9.45. The quantitative estimate of drug-likeness (QED) is 0.827. The summed E-state index contributed by atoms with van der Waals surface area (Å²) in [4.78, 5) is 0. The molecule has 1 aromatic carbocycles. The largest absolute Gasteiger partial charge is 0.459 e. The second-order valence-electron chi connectivity index (χ2n) is 4.20. The number of rotatable bonds is 3. The Bertz CT molecular complexity index is 411. The molecule has 0 bridgehead atoms. The van der Waals surface area contributed by atoms with Crippen molar-refractivity contribution in [2.45, 2.75) is 19.9 Å². The van der Waals surface area contributed by atoms with Crippen LogP contribution in [0.1, 0.15) is 25.6 Å². The highest BCUT2D eigenvalue weighted by Crippen LogP contribution is 2.27. The number of hydrogen-bond donors (Lipinski definition) is 1. The summed E-state index contributed by atoms with van der Waals surface area (Å²) in [6, 6.07) is 10.5. The fraction of sp³-hybridized carbons (Fsp3) is 0.385. The summed E-state index contributed by atoms with van der Waals surface area (Å²) < 4.78 is 5.82. The molecule has 1 aromatic heterocycles. The summed E-state index contributed by atoms with van der Waals surface area (Å²) in [5.74, 6) is 1.55. The maximum absolute atomic E-state index is 5.82. The van der Waals surface area contributed by atoms with Crippen molar-refractivity contribution in [3.63, 3.8) is 0 Å². The van der Waals surface area contributed by atoms with E-state index in [1.54, 1.807) is 0 Å². The van der Waals surface area contributed by atoms with Gasteiger partial charge in [-0.2, -0.15) is 0 Å². The van der Waals surface area contributed by atoms with Crippen LogP contribution in [0.2, 0.25) is 0 Å². The van der Waals surface area contributed by atoms with Gasteiger partial charge in [0.25, 0.3) is 0 Å². The van der Waals surface area contributed by atoms with Crippen LogP contribution in [-0.4, -0.2) is 7.05 Å². The topological polar surface area (TPSA) is 25.2 Å². The predicted molar refractivity (Wildman–Crippen MR) is 62.9 cm³/mol. The van der Waals surface area contributed by atoms with E-state index in [1.165, 1.54) is 5.39 Å². The Kier molecular flexibility index (Phi) is 2.78. The van der Waals surface area contributed by atoms with Crippen molar-refractivity contribution in [3.05, 3.63) is 36.1 Å². The molecule has 1 N–H and O–H groups in total. The summed E-state index contributed by atoms with van der Waals surface area (Å²) in [5.41, 5.74) is 0.966. The molecule has 0 aliphatic rings. The summed E-state index contributed by atoms with van der Waals surface area (Å²) >= 11 is 0. The van der Waals surface area contributed by atoms with E-state index < -0.39 is 0 Å². The Labute approximate surface area is 90.3 Å². The van der Waals surface area contributed by atoms with E-state index >= 15 is 0 Å². The minimum atomic E-state index is 0.289. The molecule has 0 spiro atoms. The van der Waals surface area contributed by atoms with Crippen LogP contribution in [-0.2, 0) is 0 Å². The first-order valence-corrected chi connectivity index (χ1v) is 5.38. The molecular formula is C13H17NO. The first-order chi connectivity index (χ1) is 7.22. The lowest BCUT2D eigenvalue weighted by Gasteiger charge is -2.16. The molecule has 0 radical (unpaired) electrons. The Hall–Kier alpha value is -1.28. The molecule has 2 aromatic rings. The summed E-state index contributed by atoms with van der Waals surface area (Å²) in [5, 5.41) is 4.46. The highest BCUT2D eigenvalue weighted by molar-refractivity contribution is 5.77. The molecule has 2 heteroatoms. The highest BCUT2D eigenvalue weighted by Gasteiger charge is 2.17. The lowest BCUT2D eigenvalue weighted by molar-refractivity contribution is 0.371. The van der Waals surface area contributed by atoms with Crippen LogP contribution in [0.5, 0.6) is 0 Å². The fourth-order valence-corrected chi connectivity index (χ4v) is 1.96. The number of fused-ring (bicyclic) bond motifs is 1. The molecule has 1 unspecified atom stereocenters. The van der Waals surface area contributed by atoms with Gasteiger partial charge in [-0.05, 0) is 25.1 Å². The average Bonchev–Trinajstić information content (AvgIpc) is 2.61. The highest BCUT2D eigenvalue weighted by atomic mass is 16.3. The third kappa shape index (κ3) is 1.90. The maximum Gasteiger partial charge on any atom is 0.134 e. The van der Waals surface area contributed by atoms with E-state index in [0.717, 1.165) is 11.3 Å². The van der Waals surface area contributed by atoms with Crippen molar-refractivity contribution in [2.24, 2.45) is 5.92 Å². The van der Waals surface area contributed by atoms with Gasteiger partial charge in [0, 0.05) is 5.39 Å². The van der Waals surface area contributed by atoms with Gasteiger partial charge in [0.2, 0.25) is 0 Å². The number of hydrogen-bond acceptors (Lipinski definition) is 2. The number of benzene rings is 1. The van der Waals surface area contributed by atoms with Crippen LogP contribution < -0.4 is 5.32 Å². The smallest absolute Gasteiger partial charge is 0.134 e. The molecule has 0 fully saturated rings. The Morgan fingerprint density at radius 1 is 1.20 bits per heavy atom. The monoisotopic (exact) mass is 203 g/mol. The fourth-order valence-electron chi connectivity index (χ4n) is 1.96. The first kappa shape index (κ1) is 10.2. The number of furan rings is 1. The zero-order chi connectivity index (χ0) is 10.8. The second kappa shape index (κ2) is 4.07. The van der Waals surface area contributed by atoms with Crippen molar-refractivity contribution < 1.29 is 4.42 Å². The minimum absolute atomic E-state index is 0.289. The van der Waals surface area contributed by atoms with Crippen LogP contribution in [0.25, 0.3) is 11.0 Å². The molecule has 0 saturated heterocycles. The second-order valence-corrected chi connectivity index (χ2v) is 4.20. The standard InChI is InChI=1S/C13H17NO/c1-9(2)13(14-3)12-8-10-6-4-5-7-11(10)15-12/h4-9,13-14H,1-3H3. The molecule has 0 aliphatic heterocycles. The molecule has 0 amide bonds. The van der Waals surface area contributed by atoms with Crippen molar-refractivity contribution in [3.8, 4) is 0 Å². The van der Waals surface area contributed by atoms with Gasteiger partial charge in [0.1, 0.15) is 11.3 Å². The summed E-state index contributed by atoms with van der Waals surface area (Å²) in [7, 11) is 1.97. The minimum Gasteiger partial charge on any atom is -0.459 e. The van der Waals surface area contributed by atoms with Gasteiger partial charge < -0.3 is 9.73 Å². The van der Waals surface area contributed by atoms with Crippen LogP contribution in [0.3, 0.4) is 0 Å². The van der Waals surface area contributed by atoms with Crippen molar-refractivity contribution in [2.75, 3.05) is 7.05 Å². The number of nitrogens with one attached hydrogen (secondary N) is 1. The third-order valence-corrected chi connectivity index (χ3v) is 2.73. The molecule has 2 rings (SSSR count). The van der Waals surface area contributed by atoms with Crippen LogP contribution >= 0.6 is 0 Å². The van der Waals surface area contributed by atoms with Gasteiger partial charge in [-0.3, -0.25) is 0 Å².